The molecule has 1 amide bonds. The molecule has 0 radical (unpaired) electrons. The lowest BCUT2D eigenvalue weighted by Crippen LogP contribution is -2.50. The van der Waals surface area contributed by atoms with E-state index >= 15 is 0 Å². The van der Waals surface area contributed by atoms with E-state index in [1.165, 1.54) is 4.31 Å². The molecule has 3 aromatic rings. The smallest absolute Gasteiger partial charge is 0.263 e. The molecular formula is C22H21N3O4S. The largest absolute Gasteiger partial charge is 0.476 e. The van der Waals surface area contributed by atoms with Crippen molar-refractivity contribution < 1.29 is 17.9 Å². The first-order valence-electron chi connectivity index (χ1n) is 9.49. The number of hydrogen-bond acceptors (Lipinski definition) is 5. The van der Waals surface area contributed by atoms with E-state index in [1.54, 1.807) is 73.1 Å². The van der Waals surface area contributed by atoms with Gasteiger partial charge >= 0.3 is 0 Å². The number of carbonyl (C=O) groups excluding carboxylic acids is 1. The van der Waals surface area contributed by atoms with Crippen molar-refractivity contribution in [2.45, 2.75) is 18.4 Å². The summed E-state index contributed by atoms with van der Waals surface area (Å²) in [7, 11) is -3.72. The SMILES string of the molecule is O=C(NCc1ccncc1)[C@@H]1CN(S(=O)(=O)Cc2ccccc2)c2ccccc2O1. The molecule has 1 N–H and O–H groups in total. The quantitative estimate of drug-likeness (QED) is 0.658. The van der Waals surface area contributed by atoms with E-state index < -0.39 is 16.1 Å². The third-order valence-corrected chi connectivity index (χ3v) is 6.49. The maximum atomic E-state index is 13.2. The molecule has 0 saturated heterocycles. The van der Waals surface area contributed by atoms with E-state index in [4.69, 9.17) is 4.74 Å². The molecule has 0 unspecified atom stereocenters. The molecule has 1 aliphatic rings. The van der Waals surface area contributed by atoms with Gasteiger partial charge in [-0.15, -0.1) is 0 Å². The molecule has 1 atom stereocenters. The Labute approximate surface area is 175 Å². The second-order valence-electron chi connectivity index (χ2n) is 6.92. The summed E-state index contributed by atoms with van der Waals surface area (Å²) in [6, 6.07) is 19.4. The average molecular weight is 423 g/mol. The fourth-order valence-corrected chi connectivity index (χ4v) is 4.85. The van der Waals surface area contributed by atoms with Crippen LogP contribution in [0.4, 0.5) is 5.69 Å². The van der Waals surface area contributed by atoms with Gasteiger partial charge in [0.1, 0.15) is 5.75 Å². The fourth-order valence-electron chi connectivity index (χ4n) is 3.27. The Kier molecular flexibility index (Phi) is 5.67. The summed E-state index contributed by atoms with van der Waals surface area (Å²) < 4.78 is 33.5. The number of amides is 1. The van der Waals surface area contributed by atoms with Gasteiger partial charge in [0, 0.05) is 18.9 Å². The first kappa shape index (κ1) is 19.9. The van der Waals surface area contributed by atoms with Crippen LogP contribution >= 0.6 is 0 Å². The van der Waals surface area contributed by atoms with Gasteiger partial charge in [-0.05, 0) is 35.4 Å². The van der Waals surface area contributed by atoms with Crippen molar-refractivity contribution in [3.8, 4) is 5.75 Å². The van der Waals surface area contributed by atoms with Gasteiger partial charge in [0.2, 0.25) is 10.0 Å². The molecule has 1 aliphatic heterocycles. The number of carbonyl (C=O) groups is 1. The number of hydrogen-bond donors (Lipinski definition) is 1. The van der Waals surface area contributed by atoms with Crippen molar-refractivity contribution >= 4 is 21.6 Å². The van der Waals surface area contributed by atoms with E-state index in [0.29, 0.717) is 23.5 Å². The molecule has 0 fully saturated rings. The topological polar surface area (TPSA) is 88.6 Å². The van der Waals surface area contributed by atoms with E-state index in [-0.39, 0.29) is 18.2 Å². The average Bonchev–Trinajstić information content (AvgIpc) is 2.77. The van der Waals surface area contributed by atoms with Crippen LogP contribution in [-0.4, -0.2) is 32.0 Å². The summed E-state index contributed by atoms with van der Waals surface area (Å²) in [5.41, 5.74) is 2.01. The Balaban J connectivity index is 1.55. The van der Waals surface area contributed by atoms with Gasteiger partial charge in [0.05, 0.1) is 18.0 Å². The summed E-state index contributed by atoms with van der Waals surface area (Å²) in [6.07, 6.45) is 2.34. The molecule has 0 aliphatic carbocycles. The van der Waals surface area contributed by atoms with Crippen LogP contribution < -0.4 is 14.4 Å². The van der Waals surface area contributed by atoms with Gasteiger partial charge in [-0.2, -0.15) is 0 Å². The second-order valence-corrected chi connectivity index (χ2v) is 8.81. The summed E-state index contributed by atoms with van der Waals surface area (Å²) in [5, 5.41) is 2.81. The van der Waals surface area contributed by atoms with Gasteiger partial charge in [-0.25, -0.2) is 8.42 Å². The lowest BCUT2D eigenvalue weighted by atomic mass is 10.2. The molecule has 0 spiro atoms. The molecule has 0 bridgehead atoms. The fraction of sp³-hybridized carbons (Fsp3) is 0.182. The number of fused-ring (bicyclic) bond motifs is 1. The van der Waals surface area contributed by atoms with E-state index in [9.17, 15) is 13.2 Å². The van der Waals surface area contributed by atoms with E-state index in [1.807, 2.05) is 6.07 Å². The Morgan fingerprint density at radius 1 is 1.00 bits per heavy atom. The summed E-state index contributed by atoms with van der Waals surface area (Å²) >= 11 is 0. The van der Waals surface area contributed by atoms with E-state index in [2.05, 4.69) is 10.3 Å². The molecule has 4 rings (SSSR count). The number of anilines is 1. The van der Waals surface area contributed by atoms with Crippen molar-refractivity contribution in [2.75, 3.05) is 10.8 Å². The van der Waals surface area contributed by atoms with Crippen LogP contribution in [0.1, 0.15) is 11.1 Å². The van der Waals surface area contributed by atoms with Crippen molar-refractivity contribution in [2.24, 2.45) is 0 Å². The molecule has 2 heterocycles. The summed E-state index contributed by atoms with van der Waals surface area (Å²) in [4.78, 5) is 16.7. The van der Waals surface area contributed by atoms with Crippen LogP contribution in [0.15, 0.2) is 79.1 Å². The van der Waals surface area contributed by atoms with Crippen LogP contribution in [0.3, 0.4) is 0 Å². The number of aromatic nitrogens is 1. The maximum absolute atomic E-state index is 13.2. The normalized spacial score (nSPS) is 15.7. The lowest BCUT2D eigenvalue weighted by molar-refractivity contribution is -0.127. The van der Waals surface area contributed by atoms with Crippen molar-refractivity contribution in [1.82, 2.24) is 10.3 Å². The van der Waals surface area contributed by atoms with Crippen molar-refractivity contribution in [3.05, 3.63) is 90.3 Å². The van der Waals surface area contributed by atoms with Crippen LogP contribution in [0.2, 0.25) is 0 Å². The highest BCUT2D eigenvalue weighted by Crippen LogP contribution is 2.35. The number of benzene rings is 2. The number of pyridine rings is 1. The van der Waals surface area contributed by atoms with Gasteiger partial charge < -0.3 is 10.1 Å². The van der Waals surface area contributed by atoms with Gasteiger partial charge in [-0.1, -0.05) is 42.5 Å². The molecular weight excluding hydrogens is 402 g/mol. The third-order valence-electron chi connectivity index (χ3n) is 4.77. The summed E-state index contributed by atoms with van der Waals surface area (Å²) in [5.74, 6) is -0.168. The third kappa shape index (κ3) is 4.44. The van der Waals surface area contributed by atoms with Crippen molar-refractivity contribution in [1.29, 1.82) is 0 Å². The number of nitrogens with zero attached hydrogens (tertiary/aromatic N) is 2. The highest BCUT2D eigenvalue weighted by Gasteiger charge is 2.36. The minimum Gasteiger partial charge on any atom is -0.476 e. The van der Waals surface area contributed by atoms with Crippen LogP contribution in [0.25, 0.3) is 0 Å². The number of rotatable bonds is 6. The minimum absolute atomic E-state index is 0.0889. The van der Waals surface area contributed by atoms with Gasteiger partial charge in [0.15, 0.2) is 6.10 Å². The molecule has 7 nitrogen and oxygen atoms in total. The zero-order valence-electron chi connectivity index (χ0n) is 16.1. The maximum Gasteiger partial charge on any atom is 0.263 e. The highest BCUT2D eigenvalue weighted by molar-refractivity contribution is 7.92. The molecule has 8 heteroatoms. The number of sulfonamides is 1. The zero-order chi connectivity index (χ0) is 21.0. The van der Waals surface area contributed by atoms with Gasteiger partial charge in [-0.3, -0.25) is 14.1 Å². The zero-order valence-corrected chi connectivity index (χ0v) is 17.0. The van der Waals surface area contributed by atoms with Crippen molar-refractivity contribution in [3.63, 3.8) is 0 Å². The number of para-hydroxylation sites is 2. The molecule has 30 heavy (non-hydrogen) atoms. The number of nitrogens with one attached hydrogen (secondary N) is 1. The Morgan fingerprint density at radius 2 is 1.70 bits per heavy atom. The highest BCUT2D eigenvalue weighted by atomic mass is 32.2. The van der Waals surface area contributed by atoms with Crippen LogP contribution in [0, 0.1) is 0 Å². The van der Waals surface area contributed by atoms with Crippen LogP contribution in [0.5, 0.6) is 5.75 Å². The van der Waals surface area contributed by atoms with E-state index in [0.717, 1.165) is 5.56 Å². The molecule has 154 valence electrons. The monoisotopic (exact) mass is 423 g/mol. The van der Waals surface area contributed by atoms with Crippen LogP contribution in [-0.2, 0) is 27.1 Å². The first-order chi connectivity index (χ1) is 14.5. The Morgan fingerprint density at radius 3 is 2.47 bits per heavy atom. The lowest BCUT2D eigenvalue weighted by Gasteiger charge is -2.34. The minimum atomic E-state index is -3.72. The number of ether oxygens (including phenoxy) is 1. The summed E-state index contributed by atoms with van der Waals surface area (Å²) in [6.45, 7) is 0.216. The molecule has 0 saturated carbocycles. The molecule has 1 aromatic heterocycles. The standard InChI is InChI=1S/C22H21N3O4S/c26-22(24-14-17-10-12-23-13-11-17)21-15-25(19-8-4-5-9-20(19)29-21)30(27,28)16-18-6-2-1-3-7-18/h1-13,21H,14-16H2,(H,24,26)/t21-/m0/s1. The Hall–Kier alpha value is -3.39. The predicted molar refractivity (Wildman–Crippen MR) is 113 cm³/mol. The Bertz CT molecular complexity index is 1120. The van der Waals surface area contributed by atoms with Gasteiger partial charge in [0.25, 0.3) is 5.91 Å². The predicted octanol–water partition coefficient (Wildman–Crippen LogP) is 2.50. The first-order valence-corrected chi connectivity index (χ1v) is 11.1. The molecule has 2 aromatic carbocycles. The second kappa shape index (κ2) is 8.54.